The standard InChI is InChI=1S/C27H33F2N3O5S/c1-2-10-31-11-7-27(8-12-31)9-13-37-24-14-18(21-5-4-19(28)15-22(21)29)3-6-25(24)38(35,36)32-17-20(33)16-23(32)26(34)30-27/h3-6,14-15,20,23,33H,2,7-13,16-17H2,1H3,(H,30,34)/t20-,23+/m1/s1. The van der Waals surface area contributed by atoms with Gasteiger partial charge >= 0.3 is 0 Å². The van der Waals surface area contributed by atoms with Crippen LogP contribution in [0.3, 0.4) is 0 Å². The third-order valence-electron chi connectivity index (χ3n) is 7.89. The molecule has 0 unspecified atom stereocenters. The maximum absolute atomic E-state index is 14.5. The summed E-state index contributed by atoms with van der Waals surface area (Å²) in [6.45, 7) is 4.61. The van der Waals surface area contributed by atoms with Crippen molar-refractivity contribution in [1.29, 1.82) is 0 Å². The number of likely N-dealkylation sites (tertiary alicyclic amines) is 1. The van der Waals surface area contributed by atoms with Crippen LogP contribution in [0.2, 0.25) is 0 Å². The van der Waals surface area contributed by atoms with Crippen LogP contribution < -0.4 is 10.1 Å². The molecule has 2 atom stereocenters. The molecule has 2 aromatic rings. The van der Waals surface area contributed by atoms with Gasteiger partial charge in [0.15, 0.2) is 0 Å². The molecule has 0 radical (unpaired) electrons. The molecule has 2 aromatic carbocycles. The highest BCUT2D eigenvalue weighted by atomic mass is 32.2. The Labute approximate surface area is 221 Å². The summed E-state index contributed by atoms with van der Waals surface area (Å²) in [5.41, 5.74) is -0.133. The number of piperidine rings is 1. The number of fused-ring (bicyclic) bond motifs is 2. The number of aliphatic hydroxyl groups is 1. The van der Waals surface area contributed by atoms with Crippen LogP contribution >= 0.6 is 0 Å². The second kappa shape index (κ2) is 10.5. The monoisotopic (exact) mass is 549 g/mol. The van der Waals surface area contributed by atoms with Gasteiger partial charge in [-0.2, -0.15) is 4.31 Å². The van der Waals surface area contributed by atoms with Crippen molar-refractivity contribution >= 4 is 15.9 Å². The first-order valence-corrected chi connectivity index (χ1v) is 14.5. The van der Waals surface area contributed by atoms with Gasteiger partial charge in [0.25, 0.3) is 0 Å². The van der Waals surface area contributed by atoms with Crippen LogP contribution in [0.1, 0.15) is 39.0 Å². The maximum Gasteiger partial charge on any atom is 0.247 e. The number of hydrogen-bond donors (Lipinski definition) is 2. The Kier molecular flexibility index (Phi) is 7.47. The van der Waals surface area contributed by atoms with E-state index in [9.17, 15) is 27.1 Å². The molecule has 0 saturated carbocycles. The Bertz CT molecular complexity index is 1310. The number of amides is 1. The molecular formula is C27H33F2N3O5S. The van der Waals surface area contributed by atoms with E-state index in [0.29, 0.717) is 24.8 Å². The summed E-state index contributed by atoms with van der Waals surface area (Å²) in [5.74, 6) is -1.88. The van der Waals surface area contributed by atoms with Gasteiger partial charge in [0.1, 0.15) is 28.3 Å². The molecule has 38 heavy (non-hydrogen) atoms. The highest BCUT2D eigenvalue weighted by Gasteiger charge is 2.47. The minimum absolute atomic E-state index is 0.00182. The van der Waals surface area contributed by atoms with Gasteiger partial charge in [-0.1, -0.05) is 13.0 Å². The van der Waals surface area contributed by atoms with E-state index >= 15 is 0 Å². The maximum atomic E-state index is 14.5. The molecule has 3 aliphatic rings. The average Bonchev–Trinajstić information content (AvgIpc) is 3.28. The molecule has 3 aliphatic heterocycles. The zero-order chi connectivity index (χ0) is 27.1. The molecule has 2 fully saturated rings. The zero-order valence-corrected chi connectivity index (χ0v) is 22.1. The summed E-state index contributed by atoms with van der Waals surface area (Å²) in [7, 11) is -4.25. The molecule has 1 spiro atoms. The molecule has 0 aromatic heterocycles. The number of carbonyl (C=O) groups is 1. The number of halogens is 2. The van der Waals surface area contributed by atoms with E-state index in [2.05, 4.69) is 17.1 Å². The SMILES string of the molecule is CCCN1CCC2(CCOc3cc(-c4ccc(F)cc4F)ccc3S(=O)(=O)N3C[C@H](O)C[C@H]3C(=O)N2)CC1. The summed E-state index contributed by atoms with van der Waals surface area (Å²) < 4.78 is 62.7. The fraction of sp³-hybridized carbons (Fsp3) is 0.519. The normalized spacial score (nSPS) is 25.6. The van der Waals surface area contributed by atoms with Gasteiger partial charge in [-0.25, -0.2) is 17.2 Å². The first-order chi connectivity index (χ1) is 18.1. The Morgan fingerprint density at radius 3 is 2.61 bits per heavy atom. The largest absolute Gasteiger partial charge is 0.492 e. The quantitative estimate of drug-likeness (QED) is 0.611. The fourth-order valence-corrected chi connectivity index (χ4v) is 7.55. The number of benzene rings is 2. The van der Waals surface area contributed by atoms with E-state index in [4.69, 9.17) is 4.74 Å². The van der Waals surface area contributed by atoms with Gasteiger partial charge in [0.2, 0.25) is 15.9 Å². The number of hydrogen-bond acceptors (Lipinski definition) is 6. The van der Waals surface area contributed by atoms with Crippen LogP contribution in [-0.4, -0.2) is 79.1 Å². The van der Waals surface area contributed by atoms with E-state index in [1.54, 1.807) is 0 Å². The van der Waals surface area contributed by atoms with Crippen molar-refractivity contribution < 1.29 is 31.8 Å². The molecule has 1 amide bonds. The molecule has 206 valence electrons. The van der Waals surface area contributed by atoms with Gasteiger partial charge in [-0.05, 0) is 55.6 Å². The molecule has 2 N–H and O–H groups in total. The number of nitrogens with zero attached hydrogens (tertiary/aromatic N) is 2. The number of nitrogens with one attached hydrogen (secondary N) is 1. The van der Waals surface area contributed by atoms with Crippen LogP contribution in [-0.2, 0) is 14.8 Å². The third-order valence-corrected chi connectivity index (χ3v) is 9.80. The predicted molar refractivity (Wildman–Crippen MR) is 137 cm³/mol. The van der Waals surface area contributed by atoms with E-state index in [0.717, 1.165) is 42.5 Å². The molecule has 0 aliphatic carbocycles. The molecule has 2 saturated heterocycles. The smallest absolute Gasteiger partial charge is 0.247 e. The van der Waals surface area contributed by atoms with Gasteiger partial charge in [-0.15, -0.1) is 0 Å². The van der Waals surface area contributed by atoms with E-state index in [1.807, 2.05) is 0 Å². The Morgan fingerprint density at radius 1 is 1.13 bits per heavy atom. The number of ether oxygens (including phenoxy) is 1. The summed E-state index contributed by atoms with van der Waals surface area (Å²) in [5, 5.41) is 13.5. The minimum atomic E-state index is -4.25. The summed E-state index contributed by atoms with van der Waals surface area (Å²) in [6, 6.07) is 6.33. The molecular weight excluding hydrogens is 516 g/mol. The number of carbonyl (C=O) groups excluding carboxylic acids is 1. The van der Waals surface area contributed by atoms with Gasteiger partial charge in [0, 0.05) is 49.6 Å². The van der Waals surface area contributed by atoms with Crippen molar-refractivity contribution in [2.75, 3.05) is 32.8 Å². The second-order valence-electron chi connectivity index (χ2n) is 10.5. The molecule has 3 heterocycles. The third kappa shape index (κ3) is 5.16. The first kappa shape index (κ1) is 27.0. The molecule has 0 bridgehead atoms. The second-order valence-corrected chi connectivity index (χ2v) is 12.3. The average molecular weight is 550 g/mol. The minimum Gasteiger partial charge on any atom is -0.492 e. The number of aliphatic hydroxyl groups excluding tert-OH is 1. The van der Waals surface area contributed by atoms with Crippen LogP contribution in [0, 0.1) is 11.6 Å². The number of rotatable bonds is 3. The first-order valence-electron chi connectivity index (χ1n) is 13.1. The number of sulfonamides is 1. The van der Waals surface area contributed by atoms with E-state index < -0.39 is 45.2 Å². The van der Waals surface area contributed by atoms with Crippen molar-refractivity contribution in [3.63, 3.8) is 0 Å². The lowest BCUT2D eigenvalue weighted by atomic mass is 9.84. The summed E-state index contributed by atoms with van der Waals surface area (Å²) in [6.07, 6.45) is 1.89. The highest BCUT2D eigenvalue weighted by Crippen LogP contribution is 2.37. The zero-order valence-electron chi connectivity index (χ0n) is 21.3. The Morgan fingerprint density at radius 2 is 1.89 bits per heavy atom. The van der Waals surface area contributed by atoms with Crippen molar-refractivity contribution in [2.45, 2.75) is 61.6 Å². The lowest BCUT2D eigenvalue weighted by Crippen LogP contribution is -2.59. The van der Waals surface area contributed by atoms with Crippen LogP contribution in [0.25, 0.3) is 11.1 Å². The lowest BCUT2D eigenvalue weighted by molar-refractivity contribution is -0.127. The van der Waals surface area contributed by atoms with E-state index in [1.165, 1.54) is 24.3 Å². The Hall–Kier alpha value is -2.60. The van der Waals surface area contributed by atoms with Crippen LogP contribution in [0.4, 0.5) is 8.78 Å². The van der Waals surface area contributed by atoms with Crippen LogP contribution in [0.5, 0.6) is 5.75 Å². The van der Waals surface area contributed by atoms with E-state index in [-0.39, 0.29) is 35.8 Å². The highest BCUT2D eigenvalue weighted by molar-refractivity contribution is 7.89. The van der Waals surface area contributed by atoms with Crippen LogP contribution in [0.15, 0.2) is 41.3 Å². The molecule has 5 rings (SSSR count). The predicted octanol–water partition coefficient (Wildman–Crippen LogP) is 2.90. The lowest BCUT2D eigenvalue weighted by Gasteiger charge is -2.43. The topological polar surface area (TPSA) is 99.2 Å². The fourth-order valence-electron chi connectivity index (χ4n) is 5.80. The van der Waals surface area contributed by atoms with Crippen molar-refractivity contribution in [3.8, 4) is 16.9 Å². The summed E-state index contributed by atoms with van der Waals surface area (Å²) >= 11 is 0. The summed E-state index contributed by atoms with van der Waals surface area (Å²) in [4.78, 5) is 15.7. The van der Waals surface area contributed by atoms with Gasteiger partial charge < -0.3 is 20.1 Å². The van der Waals surface area contributed by atoms with Gasteiger partial charge in [0.05, 0.1) is 12.7 Å². The van der Waals surface area contributed by atoms with Crippen molar-refractivity contribution in [1.82, 2.24) is 14.5 Å². The molecule has 8 nitrogen and oxygen atoms in total. The Balaban J connectivity index is 1.54. The van der Waals surface area contributed by atoms with Gasteiger partial charge in [-0.3, -0.25) is 4.79 Å². The van der Waals surface area contributed by atoms with Crippen molar-refractivity contribution in [3.05, 3.63) is 48.0 Å². The molecule has 11 heteroatoms. The van der Waals surface area contributed by atoms with Crippen molar-refractivity contribution in [2.24, 2.45) is 0 Å².